The summed E-state index contributed by atoms with van der Waals surface area (Å²) in [6, 6.07) is 17.3. The van der Waals surface area contributed by atoms with Gasteiger partial charge in [0.1, 0.15) is 0 Å². The third-order valence-electron chi connectivity index (χ3n) is 5.52. The molecular formula is C23H26ClNO2S. The highest BCUT2D eigenvalue weighted by Gasteiger charge is 2.25. The molecule has 0 bridgehead atoms. The van der Waals surface area contributed by atoms with E-state index in [1.807, 2.05) is 11.8 Å². The number of aliphatic carboxylic acids is 1. The van der Waals surface area contributed by atoms with Crippen molar-refractivity contribution in [3.05, 3.63) is 71.3 Å². The molecule has 5 heteroatoms. The SMILES string of the molecule is Cl.O=C(O)C1CCCN(CC/C=C2\c3ccccc3CSc3ccccc32)C1. The van der Waals surface area contributed by atoms with Gasteiger partial charge >= 0.3 is 5.97 Å². The summed E-state index contributed by atoms with van der Waals surface area (Å²) in [6.45, 7) is 2.61. The van der Waals surface area contributed by atoms with Crippen LogP contribution in [-0.2, 0) is 10.5 Å². The maximum atomic E-state index is 11.3. The first-order valence-electron chi connectivity index (χ1n) is 9.68. The molecule has 2 aromatic rings. The lowest BCUT2D eigenvalue weighted by Gasteiger charge is -2.30. The number of likely N-dealkylation sites (tertiary alicyclic amines) is 1. The van der Waals surface area contributed by atoms with Gasteiger partial charge in [0.2, 0.25) is 0 Å². The normalized spacial score (nSPS) is 20.6. The Bertz CT molecular complexity index is 818. The van der Waals surface area contributed by atoms with Crippen LogP contribution in [0, 0.1) is 5.92 Å². The van der Waals surface area contributed by atoms with E-state index in [1.165, 1.54) is 27.2 Å². The highest BCUT2D eigenvalue weighted by atomic mass is 35.5. The van der Waals surface area contributed by atoms with Crippen LogP contribution in [0.5, 0.6) is 0 Å². The van der Waals surface area contributed by atoms with Crippen LogP contribution in [0.25, 0.3) is 5.57 Å². The molecule has 4 rings (SSSR count). The minimum atomic E-state index is -0.651. The van der Waals surface area contributed by atoms with Gasteiger partial charge in [0.15, 0.2) is 0 Å². The second kappa shape index (κ2) is 9.64. The molecule has 28 heavy (non-hydrogen) atoms. The van der Waals surface area contributed by atoms with Gasteiger partial charge in [-0.3, -0.25) is 4.79 Å². The minimum absolute atomic E-state index is 0. The third-order valence-corrected chi connectivity index (χ3v) is 6.64. The number of piperidine rings is 1. The topological polar surface area (TPSA) is 40.5 Å². The number of hydrogen-bond donors (Lipinski definition) is 1. The number of carbonyl (C=O) groups is 1. The van der Waals surface area contributed by atoms with Crippen molar-refractivity contribution in [2.45, 2.75) is 29.9 Å². The molecule has 1 unspecified atom stereocenters. The van der Waals surface area contributed by atoms with E-state index in [1.54, 1.807) is 0 Å². The number of halogens is 1. The van der Waals surface area contributed by atoms with Crippen molar-refractivity contribution in [1.82, 2.24) is 4.90 Å². The lowest BCUT2D eigenvalue weighted by atomic mass is 9.93. The van der Waals surface area contributed by atoms with Crippen LogP contribution in [-0.4, -0.2) is 35.6 Å². The van der Waals surface area contributed by atoms with Gasteiger partial charge < -0.3 is 10.0 Å². The number of hydrogen-bond acceptors (Lipinski definition) is 3. The Morgan fingerprint density at radius 3 is 2.71 bits per heavy atom. The number of carboxylic acids is 1. The van der Waals surface area contributed by atoms with Crippen molar-refractivity contribution in [1.29, 1.82) is 0 Å². The molecule has 0 spiro atoms. The molecule has 0 aliphatic carbocycles. The Hall–Kier alpha value is -1.75. The molecule has 0 radical (unpaired) electrons. The van der Waals surface area contributed by atoms with Crippen molar-refractivity contribution >= 4 is 35.7 Å². The van der Waals surface area contributed by atoms with E-state index in [0.29, 0.717) is 6.54 Å². The van der Waals surface area contributed by atoms with Gasteiger partial charge in [-0.2, -0.15) is 0 Å². The Labute approximate surface area is 177 Å². The summed E-state index contributed by atoms with van der Waals surface area (Å²) in [7, 11) is 0. The molecule has 0 amide bonds. The molecule has 2 heterocycles. The molecular weight excluding hydrogens is 390 g/mol. The van der Waals surface area contributed by atoms with E-state index in [2.05, 4.69) is 59.5 Å². The van der Waals surface area contributed by atoms with Gasteiger partial charge in [-0.15, -0.1) is 24.2 Å². The molecule has 1 N–H and O–H groups in total. The quantitative estimate of drug-likeness (QED) is 0.732. The van der Waals surface area contributed by atoms with Crippen molar-refractivity contribution in [3.8, 4) is 0 Å². The standard InChI is InChI=1S/C23H25NO2S.ClH/c25-23(26)17-8-5-13-24(15-17)14-6-11-20-19-9-2-1-7-18(19)16-27-22-12-4-3-10-21(20)22;/h1-4,7,9-12,17H,5-6,8,13-16H2,(H,25,26);1H/b20-11+;. The van der Waals surface area contributed by atoms with E-state index < -0.39 is 5.97 Å². The van der Waals surface area contributed by atoms with Crippen LogP contribution >= 0.6 is 24.2 Å². The molecule has 3 nitrogen and oxygen atoms in total. The van der Waals surface area contributed by atoms with Gasteiger partial charge in [-0.25, -0.2) is 0 Å². The number of thioether (sulfide) groups is 1. The van der Waals surface area contributed by atoms with Gasteiger partial charge in [-0.05, 0) is 54.1 Å². The largest absolute Gasteiger partial charge is 0.481 e. The smallest absolute Gasteiger partial charge is 0.307 e. The predicted molar refractivity (Wildman–Crippen MR) is 118 cm³/mol. The lowest BCUT2D eigenvalue weighted by molar-refractivity contribution is -0.143. The summed E-state index contributed by atoms with van der Waals surface area (Å²) in [5.41, 5.74) is 5.35. The van der Waals surface area contributed by atoms with Crippen LogP contribution in [0.15, 0.2) is 59.5 Å². The van der Waals surface area contributed by atoms with E-state index in [-0.39, 0.29) is 18.3 Å². The molecule has 2 aliphatic rings. The van der Waals surface area contributed by atoms with E-state index >= 15 is 0 Å². The second-order valence-corrected chi connectivity index (χ2v) is 8.34. The third kappa shape index (κ3) is 4.62. The van der Waals surface area contributed by atoms with Crippen molar-refractivity contribution in [2.24, 2.45) is 5.92 Å². The predicted octanol–water partition coefficient (Wildman–Crippen LogP) is 5.33. The summed E-state index contributed by atoms with van der Waals surface area (Å²) < 4.78 is 0. The molecule has 1 atom stereocenters. The number of fused-ring (bicyclic) bond motifs is 2. The van der Waals surface area contributed by atoms with Crippen LogP contribution in [0.2, 0.25) is 0 Å². The summed E-state index contributed by atoms with van der Waals surface area (Å²) in [4.78, 5) is 14.9. The molecule has 1 fully saturated rings. The van der Waals surface area contributed by atoms with Crippen LogP contribution < -0.4 is 0 Å². The fourth-order valence-corrected chi connectivity index (χ4v) is 5.17. The average molecular weight is 416 g/mol. The first kappa shape index (κ1) is 21.0. The number of carboxylic acid groups (broad SMARTS) is 1. The highest BCUT2D eigenvalue weighted by Crippen LogP contribution is 2.40. The number of benzene rings is 2. The van der Waals surface area contributed by atoms with Crippen molar-refractivity contribution < 1.29 is 9.90 Å². The Kier molecular flexibility index (Phi) is 7.22. The zero-order valence-electron chi connectivity index (χ0n) is 15.8. The van der Waals surface area contributed by atoms with Crippen LogP contribution in [0.1, 0.15) is 36.0 Å². The number of nitrogens with zero attached hydrogens (tertiary/aromatic N) is 1. The summed E-state index contributed by atoms with van der Waals surface area (Å²) in [6.07, 6.45) is 5.09. The fraction of sp³-hybridized carbons (Fsp3) is 0.348. The van der Waals surface area contributed by atoms with Crippen molar-refractivity contribution in [2.75, 3.05) is 19.6 Å². The highest BCUT2D eigenvalue weighted by molar-refractivity contribution is 7.98. The van der Waals surface area contributed by atoms with Crippen LogP contribution in [0.4, 0.5) is 0 Å². The van der Waals surface area contributed by atoms with Gasteiger partial charge in [0, 0.05) is 23.7 Å². The maximum absolute atomic E-state index is 11.3. The second-order valence-electron chi connectivity index (χ2n) is 7.33. The lowest BCUT2D eigenvalue weighted by Crippen LogP contribution is -2.39. The minimum Gasteiger partial charge on any atom is -0.481 e. The maximum Gasteiger partial charge on any atom is 0.307 e. The Balaban J connectivity index is 0.00000225. The zero-order chi connectivity index (χ0) is 18.6. The van der Waals surface area contributed by atoms with Gasteiger partial charge in [0.25, 0.3) is 0 Å². The first-order valence-corrected chi connectivity index (χ1v) is 10.7. The molecule has 148 valence electrons. The summed E-state index contributed by atoms with van der Waals surface area (Å²) in [5, 5.41) is 9.29. The van der Waals surface area contributed by atoms with E-state index in [9.17, 15) is 9.90 Å². The van der Waals surface area contributed by atoms with Crippen LogP contribution in [0.3, 0.4) is 0 Å². The number of rotatable bonds is 4. The molecule has 0 saturated carbocycles. The Morgan fingerprint density at radius 2 is 1.89 bits per heavy atom. The molecule has 2 aliphatic heterocycles. The first-order chi connectivity index (χ1) is 13.2. The Morgan fingerprint density at radius 1 is 1.14 bits per heavy atom. The van der Waals surface area contributed by atoms with E-state index in [4.69, 9.17) is 0 Å². The summed E-state index contributed by atoms with van der Waals surface area (Å²) >= 11 is 1.90. The van der Waals surface area contributed by atoms with Crippen molar-refractivity contribution in [3.63, 3.8) is 0 Å². The molecule has 0 aromatic heterocycles. The van der Waals surface area contributed by atoms with Gasteiger partial charge in [-0.1, -0.05) is 48.5 Å². The molecule has 1 saturated heterocycles. The van der Waals surface area contributed by atoms with Gasteiger partial charge in [0.05, 0.1) is 5.92 Å². The zero-order valence-corrected chi connectivity index (χ0v) is 17.5. The van der Waals surface area contributed by atoms with E-state index in [0.717, 1.165) is 38.1 Å². The average Bonchev–Trinajstić information content (AvgIpc) is 2.86. The summed E-state index contributed by atoms with van der Waals surface area (Å²) in [5.74, 6) is 0.139. The molecule has 2 aromatic carbocycles. The fourth-order valence-electron chi connectivity index (χ4n) is 4.10. The monoisotopic (exact) mass is 415 g/mol.